The smallest absolute Gasteiger partial charge is 0.262 e. The topological polar surface area (TPSA) is 96.5 Å². The quantitative estimate of drug-likeness (QED) is 0.743. The first-order chi connectivity index (χ1) is 10.1. The number of hydrogen-bond acceptors (Lipinski definition) is 4. The summed E-state index contributed by atoms with van der Waals surface area (Å²) in [4.78, 5) is 34.7. The van der Waals surface area contributed by atoms with Crippen molar-refractivity contribution < 1.29 is 19.1 Å². The zero-order valence-corrected chi connectivity index (χ0v) is 11.3. The monoisotopic (exact) mass is 289 g/mol. The van der Waals surface area contributed by atoms with Gasteiger partial charge in [0.2, 0.25) is 11.8 Å². The van der Waals surface area contributed by atoms with E-state index in [1.54, 1.807) is 18.2 Å². The molecule has 2 aliphatic heterocycles. The molecule has 1 aromatic rings. The minimum Gasteiger partial charge on any atom is -0.482 e. The highest BCUT2D eigenvalue weighted by atomic mass is 16.5. The highest BCUT2D eigenvalue weighted by Crippen LogP contribution is 2.30. The molecule has 3 N–H and O–H groups in total. The van der Waals surface area contributed by atoms with Gasteiger partial charge in [0, 0.05) is 12.1 Å². The van der Waals surface area contributed by atoms with Crippen molar-refractivity contribution >= 4 is 29.1 Å². The van der Waals surface area contributed by atoms with E-state index < -0.39 is 6.04 Å². The van der Waals surface area contributed by atoms with Crippen LogP contribution in [0.3, 0.4) is 0 Å². The lowest BCUT2D eigenvalue weighted by Crippen LogP contribution is -2.46. The minimum atomic E-state index is -0.506. The zero-order chi connectivity index (χ0) is 14.8. The Hall–Kier alpha value is -2.57. The summed E-state index contributed by atoms with van der Waals surface area (Å²) in [6.45, 7) is -0.00713. The lowest BCUT2D eigenvalue weighted by molar-refractivity contribution is -0.128. The number of amides is 3. The SMILES string of the molecule is O=C1COc2ccc(NC(=O)[C@H]3CCCC(=O)N3)cc2N1. The standard InChI is InChI=1S/C14H15N3O4/c18-12-3-1-2-9(16-12)14(20)15-8-4-5-11-10(6-8)17-13(19)7-21-11/h4-6,9H,1-3,7H2,(H,15,20)(H,16,18)(H,17,19)/t9-/m1/s1. The van der Waals surface area contributed by atoms with Gasteiger partial charge in [-0.1, -0.05) is 0 Å². The number of ether oxygens (including phenoxy) is 1. The van der Waals surface area contributed by atoms with E-state index in [1.165, 1.54) is 0 Å². The largest absolute Gasteiger partial charge is 0.482 e. The number of fused-ring (bicyclic) bond motifs is 1. The summed E-state index contributed by atoms with van der Waals surface area (Å²) in [5, 5.41) is 8.07. The van der Waals surface area contributed by atoms with E-state index in [2.05, 4.69) is 16.0 Å². The summed E-state index contributed by atoms with van der Waals surface area (Å²) in [5.41, 5.74) is 1.07. The van der Waals surface area contributed by atoms with E-state index in [1.807, 2.05) is 0 Å². The molecule has 1 atom stereocenters. The van der Waals surface area contributed by atoms with E-state index in [4.69, 9.17) is 4.74 Å². The lowest BCUT2D eigenvalue weighted by Gasteiger charge is -2.23. The van der Waals surface area contributed by atoms with E-state index in [9.17, 15) is 14.4 Å². The minimum absolute atomic E-state index is 0.00713. The number of piperidine rings is 1. The first-order valence-corrected chi connectivity index (χ1v) is 6.79. The summed E-state index contributed by atoms with van der Waals surface area (Å²) in [6, 6.07) is 4.51. The van der Waals surface area contributed by atoms with Crippen LogP contribution in [0.1, 0.15) is 19.3 Å². The third-order valence-electron chi connectivity index (χ3n) is 3.43. The average molecular weight is 289 g/mol. The molecule has 0 aliphatic carbocycles. The molecule has 0 bridgehead atoms. The Bertz CT molecular complexity index is 614. The molecule has 110 valence electrons. The number of nitrogens with one attached hydrogen (secondary N) is 3. The molecule has 3 rings (SSSR count). The third-order valence-corrected chi connectivity index (χ3v) is 3.43. The van der Waals surface area contributed by atoms with Crippen LogP contribution in [0.15, 0.2) is 18.2 Å². The predicted octanol–water partition coefficient (Wildman–Crippen LogP) is 0.625. The van der Waals surface area contributed by atoms with Crippen molar-refractivity contribution in [3.05, 3.63) is 18.2 Å². The Labute approximate surface area is 121 Å². The fourth-order valence-electron chi connectivity index (χ4n) is 2.39. The molecule has 7 heteroatoms. The Balaban J connectivity index is 1.70. The van der Waals surface area contributed by atoms with Gasteiger partial charge in [-0.3, -0.25) is 14.4 Å². The normalized spacial score (nSPS) is 20.7. The molecule has 7 nitrogen and oxygen atoms in total. The molecular weight excluding hydrogens is 274 g/mol. The average Bonchev–Trinajstić information content (AvgIpc) is 2.46. The second-order valence-corrected chi connectivity index (χ2v) is 5.05. The number of rotatable bonds is 2. The van der Waals surface area contributed by atoms with Crippen LogP contribution in [0.25, 0.3) is 0 Å². The molecule has 0 unspecified atom stereocenters. The van der Waals surface area contributed by atoms with Crippen molar-refractivity contribution in [1.82, 2.24) is 5.32 Å². The van der Waals surface area contributed by atoms with Crippen LogP contribution in [-0.2, 0) is 14.4 Å². The lowest BCUT2D eigenvalue weighted by atomic mass is 10.0. The number of benzene rings is 1. The predicted molar refractivity (Wildman–Crippen MR) is 75.0 cm³/mol. The Kier molecular flexibility index (Phi) is 3.47. The van der Waals surface area contributed by atoms with Crippen LogP contribution in [0, 0.1) is 0 Å². The van der Waals surface area contributed by atoms with Crippen LogP contribution in [0.5, 0.6) is 5.75 Å². The Morgan fingerprint density at radius 3 is 2.95 bits per heavy atom. The summed E-state index contributed by atoms with van der Waals surface area (Å²) < 4.78 is 5.24. The molecule has 1 aromatic carbocycles. The van der Waals surface area contributed by atoms with Gasteiger partial charge in [0.25, 0.3) is 5.91 Å². The first-order valence-electron chi connectivity index (χ1n) is 6.79. The van der Waals surface area contributed by atoms with Gasteiger partial charge >= 0.3 is 0 Å². The molecule has 3 amide bonds. The van der Waals surface area contributed by atoms with Crippen molar-refractivity contribution in [3.63, 3.8) is 0 Å². The maximum Gasteiger partial charge on any atom is 0.262 e. The molecule has 1 fully saturated rings. The highest BCUT2D eigenvalue weighted by Gasteiger charge is 2.25. The first kappa shape index (κ1) is 13.4. The highest BCUT2D eigenvalue weighted by molar-refractivity contribution is 6.00. The van der Waals surface area contributed by atoms with Gasteiger partial charge < -0.3 is 20.7 Å². The van der Waals surface area contributed by atoms with E-state index in [0.29, 0.717) is 36.4 Å². The molecule has 0 radical (unpaired) electrons. The van der Waals surface area contributed by atoms with Crippen LogP contribution < -0.4 is 20.7 Å². The van der Waals surface area contributed by atoms with Crippen LogP contribution in [-0.4, -0.2) is 30.4 Å². The third kappa shape index (κ3) is 2.96. The molecule has 0 spiro atoms. The molecule has 2 heterocycles. The zero-order valence-electron chi connectivity index (χ0n) is 11.3. The van der Waals surface area contributed by atoms with Crippen molar-refractivity contribution in [2.24, 2.45) is 0 Å². The number of carbonyl (C=O) groups is 3. The van der Waals surface area contributed by atoms with Crippen molar-refractivity contribution in [3.8, 4) is 5.75 Å². The van der Waals surface area contributed by atoms with Gasteiger partial charge in [0.15, 0.2) is 6.61 Å². The Morgan fingerprint density at radius 2 is 2.14 bits per heavy atom. The van der Waals surface area contributed by atoms with Crippen molar-refractivity contribution in [2.45, 2.75) is 25.3 Å². The van der Waals surface area contributed by atoms with Gasteiger partial charge in [0.1, 0.15) is 11.8 Å². The molecule has 1 saturated heterocycles. The van der Waals surface area contributed by atoms with Crippen LogP contribution in [0.2, 0.25) is 0 Å². The van der Waals surface area contributed by atoms with Crippen molar-refractivity contribution in [2.75, 3.05) is 17.2 Å². The molecular formula is C14H15N3O4. The number of anilines is 2. The van der Waals surface area contributed by atoms with E-state index in [-0.39, 0.29) is 24.3 Å². The summed E-state index contributed by atoms with van der Waals surface area (Å²) >= 11 is 0. The van der Waals surface area contributed by atoms with E-state index in [0.717, 1.165) is 0 Å². The number of carbonyl (C=O) groups excluding carboxylic acids is 3. The van der Waals surface area contributed by atoms with Gasteiger partial charge in [-0.15, -0.1) is 0 Å². The summed E-state index contributed by atoms with van der Waals surface area (Å²) in [5.74, 6) is -0.0253. The maximum absolute atomic E-state index is 12.1. The summed E-state index contributed by atoms with van der Waals surface area (Å²) in [6.07, 6.45) is 1.80. The van der Waals surface area contributed by atoms with Crippen LogP contribution >= 0.6 is 0 Å². The second-order valence-electron chi connectivity index (χ2n) is 5.05. The fourth-order valence-corrected chi connectivity index (χ4v) is 2.39. The van der Waals surface area contributed by atoms with Gasteiger partial charge in [-0.05, 0) is 31.0 Å². The second kappa shape index (κ2) is 5.43. The molecule has 0 aromatic heterocycles. The van der Waals surface area contributed by atoms with Crippen molar-refractivity contribution in [1.29, 1.82) is 0 Å². The molecule has 2 aliphatic rings. The number of hydrogen-bond donors (Lipinski definition) is 3. The maximum atomic E-state index is 12.1. The fraction of sp³-hybridized carbons (Fsp3) is 0.357. The van der Waals surface area contributed by atoms with Crippen LogP contribution in [0.4, 0.5) is 11.4 Å². The van der Waals surface area contributed by atoms with E-state index >= 15 is 0 Å². The molecule has 0 saturated carbocycles. The van der Waals surface area contributed by atoms with Gasteiger partial charge in [-0.2, -0.15) is 0 Å². The summed E-state index contributed by atoms with van der Waals surface area (Å²) in [7, 11) is 0. The molecule has 21 heavy (non-hydrogen) atoms. The Morgan fingerprint density at radius 1 is 1.29 bits per heavy atom. The van der Waals surface area contributed by atoms with Gasteiger partial charge in [-0.25, -0.2) is 0 Å². The van der Waals surface area contributed by atoms with Gasteiger partial charge in [0.05, 0.1) is 5.69 Å².